The van der Waals surface area contributed by atoms with E-state index in [-0.39, 0.29) is 18.6 Å². The first kappa shape index (κ1) is 15.2. The van der Waals surface area contributed by atoms with Crippen LogP contribution in [0, 0.1) is 11.3 Å². The zero-order valence-corrected chi connectivity index (χ0v) is 11.9. The lowest BCUT2D eigenvalue weighted by Gasteiger charge is -2.25. The summed E-state index contributed by atoms with van der Waals surface area (Å²) in [5.74, 6) is -0.271. The van der Waals surface area contributed by atoms with Crippen molar-refractivity contribution in [3.05, 3.63) is 41.5 Å². The number of ether oxygens (including phenoxy) is 1. The van der Waals surface area contributed by atoms with Crippen LogP contribution in [0.25, 0.3) is 6.08 Å². The van der Waals surface area contributed by atoms with Gasteiger partial charge in [0.1, 0.15) is 5.60 Å². The molecule has 5 heteroatoms. The van der Waals surface area contributed by atoms with Crippen LogP contribution < -0.4 is 5.32 Å². The number of hydrogen-bond donors (Lipinski definition) is 2. The Bertz CT molecular complexity index is 574. The maximum Gasteiger partial charge on any atom is 0.244 e. The fourth-order valence-corrected chi connectivity index (χ4v) is 2.14. The normalized spacial score (nSPS) is 24.9. The predicted octanol–water partition coefficient (Wildman–Crippen LogP) is 1.23. The molecule has 21 heavy (non-hydrogen) atoms. The molecule has 1 heterocycles. The first-order valence-electron chi connectivity index (χ1n) is 6.83. The molecule has 0 aliphatic carbocycles. The number of nitrogens with one attached hydrogen (secondary N) is 1. The predicted molar refractivity (Wildman–Crippen MR) is 78.2 cm³/mol. The highest BCUT2D eigenvalue weighted by molar-refractivity contribution is 5.91. The fourth-order valence-electron chi connectivity index (χ4n) is 2.14. The van der Waals surface area contributed by atoms with E-state index in [2.05, 4.69) is 5.32 Å². The topological polar surface area (TPSA) is 82.3 Å². The van der Waals surface area contributed by atoms with Gasteiger partial charge in [0, 0.05) is 25.6 Å². The number of carbonyl (C=O) groups excluding carboxylic acids is 1. The molecule has 1 aliphatic heterocycles. The van der Waals surface area contributed by atoms with Crippen LogP contribution in [0.5, 0.6) is 0 Å². The summed E-state index contributed by atoms with van der Waals surface area (Å²) >= 11 is 0. The van der Waals surface area contributed by atoms with Crippen LogP contribution in [0.1, 0.15) is 24.5 Å². The zero-order valence-electron chi connectivity index (χ0n) is 11.9. The van der Waals surface area contributed by atoms with Gasteiger partial charge in [-0.15, -0.1) is 0 Å². The van der Waals surface area contributed by atoms with Crippen molar-refractivity contribution in [1.29, 1.82) is 5.26 Å². The van der Waals surface area contributed by atoms with E-state index in [1.54, 1.807) is 37.3 Å². The molecule has 2 atom stereocenters. The van der Waals surface area contributed by atoms with Gasteiger partial charge in [0.25, 0.3) is 0 Å². The molecule has 5 nitrogen and oxygen atoms in total. The van der Waals surface area contributed by atoms with Gasteiger partial charge >= 0.3 is 0 Å². The Kier molecular flexibility index (Phi) is 4.73. The van der Waals surface area contributed by atoms with Crippen LogP contribution in [0.4, 0.5) is 0 Å². The van der Waals surface area contributed by atoms with E-state index in [0.29, 0.717) is 18.6 Å². The average Bonchev–Trinajstić information content (AvgIpc) is 2.83. The highest BCUT2D eigenvalue weighted by atomic mass is 16.5. The van der Waals surface area contributed by atoms with E-state index in [9.17, 15) is 9.90 Å². The van der Waals surface area contributed by atoms with E-state index in [4.69, 9.17) is 10.00 Å². The summed E-state index contributed by atoms with van der Waals surface area (Å²) in [6.07, 6.45) is 3.31. The molecular formula is C16H18N2O3. The molecule has 2 N–H and O–H groups in total. The van der Waals surface area contributed by atoms with E-state index in [1.807, 2.05) is 6.07 Å². The van der Waals surface area contributed by atoms with Gasteiger partial charge in [-0.1, -0.05) is 12.1 Å². The molecule has 110 valence electrons. The summed E-state index contributed by atoms with van der Waals surface area (Å²) in [4.78, 5) is 11.7. The summed E-state index contributed by atoms with van der Waals surface area (Å²) in [6, 6.07) is 8.95. The van der Waals surface area contributed by atoms with E-state index < -0.39 is 5.60 Å². The third-order valence-electron chi connectivity index (χ3n) is 3.70. The highest BCUT2D eigenvalue weighted by Crippen LogP contribution is 2.24. The molecule has 0 aromatic heterocycles. The number of nitrogens with zero attached hydrogens (tertiary/aromatic N) is 1. The van der Waals surface area contributed by atoms with E-state index in [0.717, 1.165) is 5.56 Å². The van der Waals surface area contributed by atoms with Gasteiger partial charge in [0.05, 0.1) is 17.7 Å². The standard InChI is InChI=1S/C16H18N2O3/c1-12-16(20,8-9-21-12)11-18-15(19)7-6-13-2-4-14(10-17)5-3-13/h2-7,12,20H,8-9,11H2,1H3,(H,18,19)/b7-6+. The SMILES string of the molecule is CC1OCCC1(O)CNC(=O)/C=C/c1ccc(C#N)cc1. The van der Waals surface area contributed by atoms with Crippen molar-refractivity contribution in [3.8, 4) is 6.07 Å². The minimum Gasteiger partial charge on any atom is -0.385 e. The van der Waals surface area contributed by atoms with Gasteiger partial charge in [0.2, 0.25) is 5.91 Å². The molecule has 0 radical (unpaired) electrons. The van der Waals surface area contributed by atoms with Gasteiger partial charge in [-0.05, 0) is 30.7 Å². The van der Waals surface area contributed by atoms with Crippen LogP contribution in [0.3, 0.4) is 0 Å². The third-order valence-corrected chi connectivity index (χ3v) is 3.70. The second-order valence-electron chi connectivity index (χ2n) is 5.15. The van der Waals surface area contributed by atoms with E-state index >= 15 is 0 Å². The monoisotopic (exact) mass is 286 g/mol. The van der Waals surface area contributed by atoms with Gasteiger partial charge in [0.15, 0.2) is 0 Å². The van der Waals surface area contributed by atoms with Gasteiger partial charge in [-0.25, -0.2) is 0 Å². The summed E-state index contributed by atoms with van der Waals surface area (Å²) < 4.78 is 5.31. The molecular weight excluding hydrogens is 268 g/mol. The van der Waals surface area contributed by atoms with Crippen molar-refractivity contribution in [3.63, 3.8) is 0 Å². The Morgan fingerprint density at radius 1 is 1.57 bits per heavy atom. The summed E-state index contributed by atoms with van der Waals surface area (Å²) in [7, 11) is 0. The number of nitriles is 1. The molecule has 1 aliphatic rings. The van der Waals surface area contributed by atoms with Crippen LogP contribution in [0.15, 0.2) is 30.3 Å². The van der Waals surface area contributed by atoms with Crippen LogP contribution in [-0.4, -0.2) is 35.9 Å². The number of benzene rings is 1. The number of aliphatic hydroxyl groups is 1. The first-order chi connectivity index (χ1) is 10.0. The highest BCUT2D eigenvalue weighted by Gasteiger charge is 2.39. The molecule has 0 bridgehead atoms. The molecule has 1 aromatic rings. The maximum atomic E-state index is 11.7. The van der Waals surface area contributed by atoms with Crippen LogP contribution in [0.2, 0.25) is 0 Å². The molecule has 2 rings (SSSR count). The Balaban J connectivity index is 1.86. The minimum absolute atomic E-state index is 0.171. The van der Waals surface area contributed by atoms with Crippen molar-refractivity contribution in [2.24, 2.45) is 0 Å². The molecule has 1 amide bonds. The van der Waals surface area contributed by atoms with Crippen molar-refractivity contribution in [2.75, 3.05) is 13.2 Å². The lowest BCUT2D eigenvalue weighted by Crippen LogP contribution is -2.47. The first-order valence-corrected chi connectivity index (χ1v) is 6.83. The van der Waals surface area contributed by atoms with Crippen molar-refractivity contribution < 1.29 is 14.6 Å². The van der Waals surface area contributed by atoms with Gasteiger partial charge in [-0.2, -0.15) is 5.26 Å². The lowest BCUT2D eigenvalue weighted by molar-refractivity contribution is -0.118. The second kappa shape index (κ2) is 6.53. The Hall–Kier alpha value is -2.16. The molecule has 0 spiro atoms. The third kappa shape index (κ3) is 3.91. The maximum absolute atomic E-state index is 11.7. The van der Waals surface area contributed by atoms with Gasteiger partial charge in [-0.3, -0.25) is 4.79 Å². The molecule has 1 saturated heterocycles. The Labute approximate surface area is 123 Å². The zero-order chi connectivity index (χ0) is 15.3. The minimum atomic E-state index is -0.988. The van der Waals surface area contributed by atoms with Gasteiger partial charge < -0.3 is 15.2 Å². The number of carbonyl (C=O) groups is 1. The average molecular weight is 286 g/mol. The van der Waals surface area contributed by atoms with Crippen LogP contribution >= 0.6 is 0 Å². The molecule has 0 saturated carbocycles. The largest absolute Gasteiger partial charge is 0.385 e. The van der Waals surface area contributed by atoms with E-state index in [1.165, 1.54) is 6.08 Å². The fraction of sp³-hybridized carbons (Fsp3) is 0.375. The van der Waals surface area contributed by atoms with Crippen molar-refractivity contribution >= 4 is 12.0 Å². The summed E-state index contributed by atoms with van der Waals surface area (Å²) in [6.45, 7) is 2.48. The number of amides is 1. The van der Waals surface area contributed by atoms with Crippen molar-refractivity contribution in [1.82, 2.24) is 5.32 Å². The smallest absolute Gasteiger partial charge is 0.244 e. The molecule has 2 unspecified atom stereocenters. The number of hydrogen-bond acceptors (Lipinski definition) is 4. The summed E-state index contributed by atoms with van der Waals surface area (Å²) in [5, 5.41) is 21.6. The quantitative estimate of drug-likeness (QED) is 0.816. The molecule has 1 aromatic carbocycles. The number of rotatable bonds is 4. The summed E-state index contributed by atoms with van der Waals surface area (Å²) in [5.41, 5.74) is 0.423. The molecule has 1 fully saturated rings. The Morgan fingerprint density at radius 2 is 2.29 bits per heavy atom. The lowest BCUT2D eigenvalue weighted by atomic mass is 9.97. The Morgan fingerprint density at radius 3 is 2.86 bits per heavy atom. The van der Waals surface area contributed by atoms with Crippen LogP contribution in [-0.2, 0) is 9.53 Å². The van der Waals surface area contributed by atoms with Crippen molar-refractivity contribution in [2.45, 2.75) is 25.0 Å². The second-order valence-corrected chi connectivity index (χ2v) is 5.15.